The number of carboxylic acid groups (broad SMARTS) is 1. The lowest BCUT2D eigenvalue weighted by atomic mass is 10.1. The van der Waals surface area contributed by atoms with Gasteiger partial charge < -0.3 is 20.2 Å². The third kappa shape index (κ3) is 4.60. The Morgan fingerprint density at radius 1 is 1.29 bits per heavy atom. The smallest absolute Gasteiger partial charge is 0.317 e. The van der Waals surface area contributed by atoms with Gasteiger partial charge in [-0.05, 0) is 13.5 Å². The first-order chi connectivity index (χ1) is 8.00. The summed E-state index contributed by atoms with van der Waals surface area (Å²) in [6.07, 6.45) is 0.467. The highest BCUT2D eigenvalue weighted by atomic mass is 16.4. The Hall–Kier alpha value is -1.30. The maximum absolute atomic E-state index is 11.7. The zero-order chi connectivity index (χ0) is 12.8. The van der Waals surface area contributed by atoms with E-state index in [0.29, 0.717) is 13.0 Å². The molecule has 1 rings (SSSR count). The predicted molar refractivity (Wildman–Crippen MR) is 63.9 cm³/mol. The molecule has 17 heavy (non-hydrogen) atoms. The quantitative estimate of drug-likeness (QED) is 0.732. The Bertz CT molecular complexity index is 275. The Morgan fingerprint density at radius 3 is 2.41 bits per heavy atom. The van der Waals surface area contributed by atoms with Crippen LogP contribution in [-0.4, -0.2) is 66.7 Å². The number of rotatable bonds is 4. The number of carbonyl (C=O) groups excluding carboxylic acids is 1. The molecule has 1 unspecified atom stereocenters. The molecule has 2 N–H and O–H groups in total. The number of piperazine rings is 1. The SMILES string of the molecule is CC(CCNC(=O)N1CCN(C)CC1)C(=O)O. The number of nitrogens with zero attached hydrogens (tertiary/aromatic N) is 2. The van der Waals surface area contributed by atoms with Gasteiger partial charge in [0.2, 0.25) is 0 Å². The Balaban J connectivity index is 2.19. The molecule has 1 heterocycles. The van der Waals surface area contributed by atoms with Crippen molar-refractivity contribution >= 4 is 12.0 Å². The molecule has 1 atom stereocenters. The minimum absolute atomic E-state index is 0.0873. The van der Waals surface area contributed by atoms with Crippen LogP contribution in [0.25, 0.3) is 0 Å². The van der Waals surface area contributed by atoms with Crippen molar-refractivity contribution < 1.29 is 14.7 Å². The molecule has 2 amide bonds. The van der Waals surface area contributed by atoms with Crippen LogP contribution < -0.4 is 5.32 Å². The third-order valence-electron chi connectivity index (χ3n) is 3.07. The van der Waals surface area contributed by atoms with Gasteiger partial charge in [-0.1, -0.05) is 6.92 Å². The molecule has 0 aliphatic carbocycles. The van der Waals surface area contributed by atoms with Crippen LogP contribution in [-0.2, 0) is 4.79 Å². The first-order valence-electron chi connectivity index (χ1n) is 5.95. The molecule has 1 aliphatic heterocycles. The monoisotopic (exact) mass is 243 g/mol. The molecule has 1 aliphatic rings. The lowest BCUT2D eigenvalue weighted by molar-refractivity contribution is -0.141. The average molecular weight is 243 g/mol. The molecule has 0 saturated carbocycles. The fraction of sp³-hybridized carbons (Fsp3) is 0.818. The summed E-state index contributed by atoms with van der Waals surface area (Å²) in [6.45, 7) is 5.30. The first kappa shape index (κ1) is 13.8. The highest BCUT2D eigenvalue weighted by molar-refractivity contribution is 5.74. The number of hydrogen-bond donors (Lipinski definition) is 2. The minimum atomic E-state index is -0.821. The lowest BCUT2D eigenvalue weighted by Crippen LogP contribution is -2.50. The van der Waals surface area contributed by atoms with Crippen LogP contribution in [0.5, 0.6) is 0 Å². The van der Waals surface area contributed by atoms with Crippen LogP contribution in [0, 0.1) is 5.92 Å². The summed E-state index contributed by atoms with van der Waals surface area (Å²) in [7, 11) is 2.03. The summed E-state index contributed by atoms with van der Waals surface area (Å²) in [5, 5.41) is 11.5. The second kappa shape index (κ2) is 6.44. The summed E-state index contributed by atoms with van der Waals surface area (Å²) in [5.74, 6) is -1.23. The number of hydrogen-bond acceptors (Lipinski definition) is 3. The van der Waals surface area contributed by atoms with Crippen LogP contribution in [0.4, 0.5) is 4.79 Å². The standard InChI is InChI=1S/C11H21N3O3/c1-9(10(15)16)3-4-12-11(17)14-7-5-13(2)6-8-14/h9H,3-8H2,1-2H3,(H,12,17)(H,15,16). The zero-order valence-corrected chi connectivity index (χ0v) is 10.5. The van der Waals surface area contributed by atoms with E-state index in [1.54, 1.807) is 11.8 Å². The second-order valence-electron chi connectivity index (χ2n) is 4.55. The van der Waals surface area contributed by atoms with Crippen molar-refractivity contribution in [3.63, 3.8) is 0 Å². The lowest BCUT2D eigenvalue weighted by Gasteiger charge is -2.32. The van der Waals surface area contributed by atoms with Crippen LogP contribution in [0.15, 0.2) is 0 Å². The van der Waals surface area contributed by atoms with E-state index in [1.165, 1.54) is 0 Å². The first-order valence-corrected chi connectivity index (χ1v) is 5.95. The van der Waals surface area contributed by atoms with Gasteiger partial charge in [0.05, 0.1) is 5.92 Å². The summed E-state index contributed by atoms with van der Waals surface area (Å²) < 4.78 is 0. The van der Waals surface area contributed by atoms with Crippen LogP contribution >= 0.6 is 0 Å². The van der Waals surface area contributed by atoms with Crippen molar-refractivity contribution in [2.45, 2.75) is 13.3 Å². The maximum Gasteiger partial charge on any atom is 0.317 e. The van der Waals surface area contributed by atoms with E-state index in [1.807, 2.05) is 7.05 Å². The molecule has 0 aromatic carbocycles. The van der Waals surface area contributed by atoms with E-state index in [2.05, 4.69) is 10.2 Å². The molecule has 6 heteroatoms. The molecule has 98 valence electrons. The van der Waals surface area contributed by atoms with Gasteiger partial charge in [-0.3, -0.25) is 4.79 Å². The van der Waals surface area contributed by atoms with Crippen molar-refractivity contribution in [3.05, 3.63) is 0 Å². The van der Waals surface area contributed by atoms with Crippen molar-refractivity contribution in [1.29, 1.82) is 0 Å². The highest BCUT2D eigenvalue weighted by Crippen LogP contribution is 2.02. The Labute approximate surface area is 102 Å². The minimum Gasteiger partial charge on any atom is -0.481 e. The molecule has 6 nitrogen and oxygen atoms in total. The van der Waals surface area contributed by atoms with E-state index >= 15 is 0 Å². The third-order valence-corrected chi connectivity index (χ3v) is 3.07. The topological polar surface area (TPSA) is 72.9 Å². The van der Waals surface area contributed by atoms with Gasteiger partial charge in [0.25, 0.3) is 0 Å². The summed E-state index contributed by atoms with van der Waals surface area (Å²) in [5.41, 5.74) is 0. The fourth-order valence-corrected chi connectivity index (χ4v) is 1.64. The van der Waals surface area contributed by atoms with Crippen LogP contribution in [0.1, 0.15) is 13.3 Å². The summed E-state index contributed by atoms with van der Waals surface area (Å²) >= 11 is 0. The Morgan fingerprint density at radius 2 is 1.88 bits per heavy atom. The zero-order valence-electron chi connectivity index (χ0n) is 10.5. The number of likely N-dealkylation sites (N-methyl/N-ethyl adjacent to an activating group) is 1. The molecular weight excluding hydrogens is 222 g/mol. The van der Waals surface area contributed by atoms with E-state index in [-0.39, 0.29) is 6.03 Å². The van der Waals surface area contributed by atoms with E-state index in [0.717, 1.165) is 26.2 Å². The van der Waals surface area contributed by atoms with Gasteiger partial charge in [-0.25, -0.2) is 4.79 Å². The molecular formula is C11H21N3O3. The number of carbonyl (C=O) groups is 2. The molecule has 0 radical (unpaired) electrons. The number of aliphatic carboxylic acids is 1. The second-order valence-corrected chi connectivity index (χ2v) is 4.55. The molecule has 1 fully saturated rings. The van der Waals surface area contributed by atoms with Crippen molar-refractivity contribution in [2.75, 3.05) is 39.8 Å². The van der Waals surface area contributed by atoms with Crippen molar-refractivity contribution in [2.24, 2.45) is 5.92 Å². The van der Waals surface area contributed by atoms with Gasteiger partial charge in [0.15, 0.2) is 0 Å². The van der Waals surface area contributed by atoms with E-state index in [9.17, 15) is 9.59 Å². The number of carboxylic acids is 1. The van der Waals surface area contributed by atoms with Crippen LogP contribution in [0.2, 0.25) is 0 Å². The molecule has 0 aromatic heterocycles. The number of nitrogens with one attached hydrogen (secondary N) is 1. The van der Waals surface area contributed by atoms with Gasteiger partial charge in [0.1, 0.15) is 0 Å². The maximum atomic E-state index is 11.7. The van der Waals surface area contributed by atoms with Gasteiger partial charge in [-0.15, -0.1) is 0 Å². The fourth-order valence-electron chi connectivity index (χ4n) is 1.64. The van der Waals surface area contributed by atoms with Gasteiger partial charge in [-0.2, -0.15) is 0 Å². The van der Waals surface area contributed by atoms with Gasteiger partial charge in [0, 0.05) is 32.7 Å². The largest absolute Gasteiger partial charge is 0.481 e. The normalized spacial score (nSPS) is 18.8. The van der Waals surface area contributed by atoms with Crippen molar-refractivity contribution in [3.8, 4) is 0 Å². The Kier molecular flexibility index (Phi) is 5.21. The summed E-state index contributed by atoms with van der Waals surface area (Å²) in [4.78, 5) is 26.2. The molecule has 1 saturated heterocycles. The molecule has 0 aromatic rings. The average Bonchev–Trinajstić information content (AvgIpc) is 2.29. The van der Waals surface area contributed by atoms with E-state index in [4.69, 9.17) is 5.11 Å². The highest BCUT2D eigenvalue weighted by Gasteiger charge is 2.19. The summed E-state index contributed by atoms with van der Waals surface area (Å²) in [6, 6.07) is -0.0873. The predicted octanol–water partition coefficient (Wildman–Crippen LogP) is 0.0542. The molecule has 0 bridgehead atoms. The van der Waals surface area contributed by atoms with Gasteiger partial charge >= 0.3 is 12.0 Å². The number of urea groups is 1. The van der Waals surface area contributed by atoms with Crippen LogP contribution in [0.3, 0.4) is 0 Å². The van der Waals surface area contributed by atoms with Crippen molar-refractivity contribution in [1.82, 2.24) is 15.1 Å². The van der Waals surface area contributed by atoms with E-state index < -0.39 is 11.9 Å². The number of amides is 2. The molecule has 0 spiro atoms.